The average molecular weight is 508 g/mol. The van der Waals surface area contributed by atoms with E-state index < -0.39 is 18.1 Å². The van der Waals surface area contributed by atoms with Gasteiger partial charge in [-0.05, 0) is 12.1 Å². The smallest absolute Gasteiger partial charge is 0.291 e. The molecule has 2 aromatic carbocycles. The number of carbonyl (C=O) groups is 1. The molecule has 1 fully saturated rings. The maximum absolute atomic E-state index is 13.0. The van der Waals surface area contributed by atoms with Crippen LogP contribution in [-0.4, -0.2) is 61.0 Å². The van der Waals surface area contributed by atoms with E-state index in [2.05, 4.69) is 26.2 Å². The van der Waals surface area contributed by atoms with E-state index in [1.807, 2.05) is 53.4 Å². The van der Waals surface area contributed by atoms with Crippen LogP contribution < -0.4 is 16.0 Å². The third-order valence-corrected chi connectivity index (χ3v) is 6.03. The number of nitrogens with zero attached hydrogens (tertiary/aromatic N) is 4. The van der Waals surface area contributed by atoms with Gasteiger partial charge in [-0.2, -0.15) is 4.99 Å². The number of carbonyl (C=O) groups excluding carboxylic acids is 1. The number of benzodiazepines with no additional fused rings is 1. The fourth-order valence-corrected chi connectivity index (χ4v) is 4.21. The van der Waals surface area contributed by atoms with Gasteiger partial charge in [-0.15, -0.1) is 6.42 Å². The zero-order valence-electron chi connectivity index (χ0n) is 20.4. The third kappa shape index (κ3) is 5.23. The topological polar surface area (TPSA) is 138 Å². The summed E-state index contributed by atoms with van der Waals surface area (Å²) >= 11 is 0. The number of para-hydroxylation sites is 1. The van der Waals surface area contributed by atoms with E-state index in [-0.39, 0.29) is 11.6 Å². The standard InChI is InChI=1S/C28H25N7O3/c1-2-18-16-22(35-12-14-37-15-13-35)24(31-17-18)25(29)38-28(30)34-26-27(36)32-21-11-7-6-10-20(21)23(33-26)19-8-4-3-5-9-19/h1,3-11,16-17,26,29H,12-15H2,(H2,30,34)(H,32,36). The number of hydrogen-bond acceptors (Lipinski definition) is 8. The Kier molecular flexibility index (Phi) is 7.10. The second kappa shape index (κ2) is 10.9. The largest absolute Gasteiger partial charge is 0.405 e. The second-order valence-corrected chi connectivity index (χ2v) is 8.49. The molecule has 1 saturated heterocycles. The molecule has 0 saturated carbocycles. The summed E-state index contributed by atoms with van der Waals surface area (Å²) < 4.78 is 11.0. The minimum absolute atomic E-state index is 0.246. The Morgan fingerprint density at radius 3 is 2.68 bits per heavy atom. The molecule has 1 aromatic heterocycles. The number of amides is 1. The summed E-state index contributed by atoms with van der Waals surface area (Å²) in [7, 11) is 0. The Morgan fingerprint density at radius 1 is 1.18 bits per heavy atom. The molecule has 5 rings (SSSR count). The second-order valence-electron chi connectivity index (χ2n) is 8.49. The predicted molar refractivity (Wildman–Crippen MR) is 146 cm³/mol. The molecule has 1 unspecified atom stereocenters. The number of aromatic nitrogens is 1. The molecule has 1 atom stereocenters. The summed E-state index contributed by atoms with van der Waals surface area (Å²) in [6.45, 7) is 2.30. The van der Waals surface area contributed by atoms with E-state index in [1.165, 1.54) is 6.20 Å². The third-order valence-electron chi connectivity index (χ3n) is 6.03. The van der Waals surface area contributed by atoms with Crippen LogP contribution in [0.5, 0.6) is 0 Å². The number of nitrogens with one attached hydrogen (secondary N) is 2. The first-order valence-electron chi connectivity index (χ1n) is 12.0. The van der Waals surface area contributed by atoms with E-state index in [4.69, 9.17) is 27.0 Å². The van der Waals surface area contributed by atoms with Gasteiger partial charge in [-0.3, -0.25) is 10.2 Å². The number of hydrogen-bond donors (Lipinski definition) is 3. The van der Waals surface area contributed by atoms with Crippen LogP contribution in [0.2, 0.25) is 0 Å². The lowest BCUT2D eigenvalue weighted by Gasteiger charge is -2.30. The summed E-state index contributed by atoms with van der Waals surface area (Å²) in [5, 5.41) is 11.4. The van der Waals surface area contributed by atoms with Crippen LogP contribution in [0.4, 0.5) is 11.4 Å². The van der Waals surface area contributed by atoms with Crippen LogP contribution in [-0.2, 0) is 14.3 Å². The Hall–Kier alpha value is -5.01. The lowest BCUT2D eigenvalue weighted by Crippen LogP contribution is -2.37. The van der Waals surface area contributed by atoms with Gasteiger partial charge in [0.05, 0.1) is 30.3 Å². The molecule has 190 valence electrons. The number of fused-ring (bicyclic) bond motifs is 1. The lowest BCUT2D eigenvalue weighted by atomic mass is 10.0. The molecule has 0 bridgehead atoms. The SMILES string of the molecule is C#Cc1cnc(C(=N)O/C(N)=N/C2N=C(c3ccccc3)c3ccccc3NC2=O)c(N2CCOCC2)c1. The van der Waals surface area contributed by atoms with Gasteiger partial charge in [0.15, 0.2) is 0 Å². The van der Waals surface area contributed by atoms with Crippen LogP contribution in [0.25, 0.3) is 0 Å². The van der Waals surface area contributed by atoms with Crippen molar-refractivity contribution in [2.75, 3.05) is 36.5 Å². The van der Waals surface area contributed by atoms with Gasteiger partial charge in [-0.1, -0.05) is 54.5 Å². The highest BCUT2D eigenvalue weighted by Gasteiger charge is 2.27. The highest BCUT2D eigenvalue weighted by atomic mass is 16.5. The maximum Gasteiger partial charge on any atom is 0.291 e. The van der Waals surface area contributed by atoms with E-state index in [0.29, 0.717) is 49.0 Å². The monoisotopic (exact) mass is 507 g/mol. The van der Waals surface area contributed by atoms with Gasteiger partial charge in [-0.25, -0.2) is 9.98 Å². The maximum atomic E-state index is 13.0. The average Bonchev–Trinajstić information content (AvgIpc) is 3.09. The van der Waals surface area contributed by atoms with Crippen molar-refractivity contribution < 1.29 is 14.3 Å². The molecule has 10 nitrogen and oxygen atoms in total. The summed E-state index contributed by atoms with van der Waals surface area (Å²) in [6.07, 6.45) is 5.81. The number of rotatable bonds is 4. The van der Waals surface area contributed by atoms with Crippen LogP contribution in [0.3, 0.4) is 0 Å². The number of nitrogens with two attached hydrogens (primary N) is 1. The first kappa shape index (κ1) is 24.7. The number of benzene rings is 2. The zero-order chi connectivity index (χ0) is 26.5. The predicted octanol–water partition coefficient (Wildman–Crippen LogP) is 2.37. The molecule has 0 aliphatic carbocycles. The van der Waals surface area contributed by atoms with Gasteiger partial charge in [0.25, 0.3) is 11.9 Å². The van der Waals surface area contributed by atoms with E-state index in [1.54, 1.807) is 12.1 Å². The molecule has 1 amide bonds. The van der Waals surface area contributed by atoms with Crippen molar-refractivity contribution in [3.63, 3.8) is 0 Å². The molecule has 10 heteroatoms. The summed E-state index contributed by atoms with van der Waals surface area (Å²) in [5.74, 6) is 1.75. The Balaban J connectivity index is 1.44. The van der Waals surface area contributed by atoms with E-state index in [9.17, 15) is 4.79 Å². The number of pyridine rings is 1. The van der Waals surface area contributed by atoms with Gasteiger partial charge in [0, 0.05) is 36.0 Å². The van der Waals surface area contributed by atoms with Gasteiger partial charge in [0.2, 0.25) is 12.1 Å². The normalized spacial score (nSPS) is 17.4. The first-order chi connectivity index (χ1) is 18.5. The van der Waals surface area contributed by atoms with Crippen molar-refractivity contribution >= 4 is 34.9 Å². The highest BCUT2D eigenvalue weighted by molar-refractivity contribution is 6.19. The van der Waals surface area contributed by atoms with E-state index >= 15 is 0 Å². The molecular formula is C28H25N7O3. The Bertz CT molecular complexity index is 1470. The van der Waals surface area contributed by atoms with Gasteiger partial charge in [0.1, 0.15) is 5.69 Å². The van der Waals surface area contributed by atoms with Crippen molar-refractivity contribution in [3.05, 3.63) is 89.2 Å². The van der Waals surface area contributed by atoms with Crippen molar-refractivity contribution in [2.24, 2.45) is 15.7 Å². The number of amidine groups is 1. The fraction of sp³-hybridized carbons (Fsp3) is 0.179. The number of ether oxygens (including phenoxy) is 2. The van der Waals surface area contributed by atoms with E-state index in [0.717, 1.165) is 11.1 Å². The Morgan fingerprint density at radius 2 is 1.92 bits per heavy atom. The zero-order valence-corrected chi connectivity index (χ0v) is 20.4. The molecular weight excluding hydrogens is 482 g/mol. The molecule has 3 heterocycles. The summed E-state index contributed by atoms with van der Waals surface area (Å²) in [6, 6.07) is 18.2. The molecule has 0 radical (unpaired) electrons. The number of anilines is 2. The molecule has 2 aliphatic heterocycles. The van der Waals surface area contributed by atoms with Crippen molar-refractivity contribution in [1.82, 2.24) is 4.98 Å². The molecule has 2 aliphatic rings. The van der Waals surface area contributed by atoms with Crippen LogP contribution in [0.15, 0.2) is 76.8 Å². The van der Waals surface area contributed by atoms with Crippen molar-refractivity contribution in [2.45, 2.75) is 6.17 Å². The quantitative estimate of drug-likeness (QED) is 0.282. The van der Waals surface area contributed by atoms with Gasteiger partial charge < -0.3 is 25.4 Å². The van der Waals surface area contributed by atoms with Gasteiger partial charge >= 0.3 is 0 Å². The lowest BCUT2D eigenvalue weighted by molar-refractivity contribution is -0.117. The fourth-order valence-electron chi connectivity index (χ4n) is 4.21. The first-order valence-corrected chi connectivity index (χ1v) is 12.0. The van der Waals surface area contributed by atoms with Crippen LogP contribution in [0, 0.1) is 17.8 Å². The number of morpholine rings is 1. The minimum Gasteiger partial charge on any atom is -0.405 e. The summed E-state index contributed by atoms with van der Waals surface area (Å²) in [5.41, 5.74) is 10.3. The highest BCUT2D eigenvalue weighted by Crippen LogP contribution is 2.25. The minimum atomic E-state index is -1.24. The number of terminal acetylenes is 1. The Labute approximate surface area is 219 Å². The summed E-state index contributed by atoms with van der Waals surface area (Å²) in [4.78, 5) is 28.2. The van der Waals surface area contributed by atoms with Crippen molar-refractivity contribution in [1.29, 1.82) is 5.41 Å². The number of aliphatic imine (C=N–C) groups is 2. The van der Waals surface area contributed by atoms with Crippen LogP contribution in [0.1, 0.15) is 22.4 Å². The molecule has 4 N–H and O–H groups in total. The van der Waals surface area contributed by atoms with Crippen molar-refractivity contribution in [3.8, 4) is 12.3 Å². The molecule has 0 spiro atoms. The van der Waals surface area contributed by atoms with Crippen LogP contribution >= 0.6 is 0 Å². The molecule has 3 aromatic rings. The molecule has 38 heavy (non-hydrogen) atoms.